The number of methoxy groups -OCH3 is 1. The Morgan fingerprint density at radius 3 is 3.00 bits per heavy atom. The molecule has 1 aromatic carbocycles. The summed E-state index contributed by atoms with van der Waals surface area (Å²) < 4.78 is 6.42. The van der Waals surface area contributed by atoms with Gasteiger partial charge in [-0.05, 0) is 42.6 Å². The lowest BCUT2D eigenvalue weighted by atomic mass is 9.98. The van der Waals surface area contributed by atoms with Gasteiger partial charge in [-0.3, -0.25) is 0 Å². The summed E-state index contributed by atoms with van der Waals surface area (Å²) in [4.78, 5) is 0. The standard InChI is InChI=1S/C11H14BrNO/c1-14-9-2-3-11(12)10(6-9)8-4-5-13-7-8/h2-3,6,8,13H,4-5,7H2,1H3. The van der Waals surface area contributed by atoms with Crippen molar-refractivity contribution >= 4 is 15.9 Å². The molecule has 1 aliphatic heterocycles. The number of benzene rings is 1. The molecule has 76 valence electrons. The molecule has 1 aliphatic rings. The lowest BCUT2D eigenvalue weighted by molar-refractivity contribution is 0.413. The minimum atomic E-state index is 0.625. The van der Waals surface area contributed by atoms with Crippen LogP contribution in [0.15, 0.2) is 22.7 Å². The van der Waals surface area contributed by atoms with Crippen molar-refractivity contribution in [3.8, 4) is 5.75 Å². The van der Waals surface area contributed by atoms with Crippen molar-refractivity contribution in [1.29, 1.82) is 0 Å². The van der Waals surface area contributed by atoms with Crippen LogP contribution in [0.5, 0.6) is 5.75 Å². The molecule has 0 saturated carbocycles. The zero-order valence-corrected chi connectivity index (χ0v) is 9.80. The predicted molar refractivity (Wildman–Crippen MR) is 60.9 cm³/mol. The Balaban J connectivity index is 2.29. The molecule has 0 spiro atoms. The summed E-state index contributed by atoms with van der Waals surface area (Å²) in [7, 11) is 1.71. The van der Waals surface area contributed by atoms with Crippen LogP contribution in [-0.4, -0.2) is 20.2 Å². The molecular formula is C11H14BrNO. The molecule has 1 unspecified atom stereocenters. The third-order valence-electron chi connectivity index (χ3n) is 2.70. The first kappa shape index (κ1) is 9.99. The Bertz CT molecular complexity index is 321. The molecule has 2 rings (SSSR count). The van der Waals surface area contributed by atoms with Crippen LogP contribution in [0.4, 0.5) is 0 Å². The molecule has 0 radical (unpaired) electrons. The van der Waals surface area contributed by atoms with E-state index in [1.807, 2.05) is 6.07 Å². The first-order valence-corrected chi connectivity index (χ1v) is 5.64. The number of rotatable bonds is 2. The van der Waals surface area contributed by atoms with Crippen molar-refractivity contribution < 1.29 is 4.74 Å². The maximum Gasteiger partial charge on any atom is 0.119 e. The molecule has 0 bridgehead atoms. The van der Waals surface area contributed by atoms with E-state index in [1.165, 1.54) is 16.5 Å². The van der Waals surface area contributed by atoms with Crippen LogP contribution in [-0.2, 0) is 0 Å². The molecule has 1 fully saturated rings. The fourth-order valence-electron chi connectivity index (χ4n) is 1.88. The highest BCUT2D eigenvalue weighted by Crippen LogP contribution is 2.31. The number of nitrogens with one attached hydrogen (secondary N) is 1. The van der Waals surface area contributed by atoms with Crippen LogP contribution >= 0.6 is 15.9 Å². The van der Waals surface area contributed by atoms with Crippen LogP contribution in [0.2, 0.25) is 0 Å². The van der Waals surface area contributed by atoms with Crippen LogP contribution < -0.4 is 10.1 Å². The number of ether oxygens (including phenoxy) is 1. The van der Waals surface area contributed by atoms with Gasteiger partial charge >= 0.3 is 0 Å². The monoisotopic (exact) mass is 255 g/mol. The van der Waals surface area contributed by atoms with Gasteiger partial charge in [0.2, 0.25) is 0 Å². The van der Waals surface area contributed by atoms with Crippen LogP contribution in [0.25, 0.3) is 0 Å². The SMILES string of the molecule is COc1ccc(Br)c(C2CCNC2)c1. The van der Waals surface area contributed by atoms with Crippen molar-refractivity contribution in [2.45, 2.75) is 12.3 Å². The quantitative estimate of drug-likeness (QED) is 0.877. The maximum absolute atomic E-state index is 5.23. The molecule has 0 aromatic heterocycles. The zero-order chi connectivity index (χ0) is 9.97. The van der Waals surface area contributed by atoms with Crippen molar-refractivity contribution in [3.05, 3.63) is 28.2 Å². The lowest BCUT2D eigenvalue weighted by Crippen LogP contribution is -2.08. The topological polar surface area (TPSA) is 21.3 Å². The van der Waals surface area contributed by atoms with Crippen molar-refractivity contribution in [3.63, 3.8) is 0 Å². The average molecular weight is 256 g/mol. The zero-order valence-electron chi connectivity index (χ0n) is 8.22. The fourth-order valence-corrected chi connectivity index (χ4v) is 2.45. The second kappa shape index (κ2) is 4.32. The van der Waals surface area contributed by atoms with E-state index in [4.69, 9.17) is 4.74 Å². The van der Waals surface area contributed by atoms with Crippen LogP contribution in [0.1, 0.15) is 17.9 Å². The Morgan fingerprint density at radius 1 is 1.50 bits per heavy atom. The molecule has 1 atom stereocenters. The summed E-state index contributed by atoms with van der Waals surface area (Å²) in [5.74, 6) is 1.56. The molecule has 1 aromatic rings. The van der Waals surface area contributed by atoms with Gasteiger partial charge in [0.15, 0.2) is 0 Å². The summed E-state index contributed by atoms with van der Waals surface area (Å²) in [6, 6.07) is 6.17. The largest absolute Gasteiger partial charge is 0.497 e. The summed E-state index contributed by atoms with van der Waals surface area (Å²) in [6.07, 6.45) is 1.21. The molecule has 1 heterocycles. The number of halogens is 1. The van der Waals surface area contributed by atoms with E-state index >= 15 is 0 Å². The molecule has 0 aliphatic carbocycles. The van der Waals surface area contributed by atoms with Crippen molar-refractivity contribution in [1.82, 2.24) is 5.32 Å². The molecular weight excluding hydrogens is 242 g/mol. The number of hydrogen-bond donors (Lipinski definition) is 1. The highest BCUT2D eigenvalue weighted by molar-refractivity contribution is 9.10. The van der Waals surface area contributed by atoms with E-state index in [9.17, 15) is 0 Å². The highest BCUT2D eigenvalue weighted by Gasteiger charge is 2.19. The Hall–Kier alpha value is -0.540. The van der Waals surface area contributed by atoms with Gasteiger partial charge in [-0.25, -0.2) is 0 Å². The smallest absolute Gasteiger partial charge is 0.119 e. The van der Waals surface area contributed by atoms with Crippen LogP contribution in [0, 0.1) is 0 Å². The number of hydrogen-bond acceptors (Lipinski definition) is 2. The van der Waals surface area contributed by atoms with Gasteiger partial charge in [-0.15, -0.1) is 0 Å². The molecule has 14 heavy (non-hydrogen) atoms. The van der Waals surface area contributed by atoms with E-state index in [-0.39, 0.29) is 0 Å². The van der Waals surface area contributed by atoms with Gasteiger partial charge in [0, 0.05) is 11.0 Å². The van der Waals surface area contributed by atoms with Gasteiger partial charge in [-0.2, -0.15) is 0 Å². The van der Waals surface area contributed by atoms with E-state index < -0.39 is 0 Å². The summed E-state index contributed by atoms with van der Waals surface area (Å²) in [6.45, 7) is 2.19. The Labute approximate surface area is 92.8 Å². The Kier molecular flexibility index (Phi) is 3.08. The Morgan fingerprint density at radius 2 is 2.36 bits per heavy atom. The minimum absolute atomic E-state index is 0.625. The second-order valence-corrected chi connectivity index (χ2v) is 4.43. The van der Waals surface area contributed by atoms with Gasteiger partial charge in [-0.1, -0.05) is 15.9 Å². The molecule has 1 saturated heterocycles. The summed E-state index contributed by atoms with van der Waals surface area (Å²) >= 11 is 3.59. The van der Waals surface area contributed by atoms with Crippen molar-refractivity contribution in [2.75, 3.05) is 20.2 Å². The van der Waals surface area contributed by atoms with Gasteiger partial charge in [0.05, 0.1) is 7.11 Å². The molecule has 0 amide bonds. The van der Waals surface area contributed by atoms with Crippen LogP contribution in [0.3, 0.4) is 0 Å². The minimum Gasteiger partial charge on any atom is -0.497 e. The van der Waals surface area contributed by atoms with Gasteiger partial charge < -0.3 is 10.1 Å². The van der Waals surface area contributed by atoms with E-state index in [0.717, 1.165) is 18.8 Å². The lowest BCUT2D eigenvalue weighted by Gasteiger charge is -2.12. The van der Waals surface area contributed by atoms with Gasteiger partial charge in [0.1, 0.15) is 5.75 Å². The summed E-state index contributed by atoms with van der Waals surface area (Å²) in [5, 5.41) is 3.37. The third-order valence-corrected chi connectivity index (χ3v) is 3.43. The highest BCUT2D eigenvalue weighted by atomic mass is 79.9. The van der Waals surface area contributed by atoms with E-state index in [0.29, 0.717) is 5.92 Å². The fraction of sp³-hybridized carbons (Fsp3) is 0.455. The molecule has 2 nitrogen and oxygen atoms in total. The molecule has 1 N–H and O–H groups in total. The van der Waals surface area contributed by atoms with E-state index in [1.54, 1.807) is 7.11 Å². The van der Waals surface area contributed by atoms with Gasteiger partial charge in [0.25, 0.3) is 0 Å². The maximum atomic E-state index is 5.23. The first-order valence-electron chi connectivity index (χ1n) is 4.85. The third kappa shape index (κ3) is 1.93. The first-order chi connectivity index (χ1) is 6.81. The second-order valence-electron chi connectivity index (χ2n) is 3.58. The normalized spacial score (nSPS) is 21.1. The average Bonchev–Trinajstić information content (AvgIpc) is 2.71. The summed E-state index contributed by atoms with van der Waals surface area (Å²) in [5.41, 5.74) is 1.36. The van der Waals surface area contributed by atoms with Crippen molar-refractivity contribution in [2.24, 2.45) is 0 Å². The predicted octanol–water partition coefficient (Wildman–Crippen LogP) is 2.53. The molecule has 3 heteroatoms. The van der Waals surface area contributed by atoms with E-state index in [2.05, 4.69) is 33.4 Å².